The number of rotatable bonds is 6. The Bertz CT molecular complexity index is 1000. The zero-order valence-corrected chi connectivity index (χ0v) is 15.0. The molecule has 0 aliphatic rings. The number of hydrogen-bond acceptors (Lipinski definition) is 7. The quantitative estimate of drug-likeness (QED) is 0.398. The standard InChI is InChI=1S/C17H14N6O3S/c1-12(24)21-15-4-2-3-5-17(15)27-16-7-6-14(23(25)26)8-13(16)9-20-22-10-18-19-11-22/h2-11H,1H3,(H,21,24)/b20-9+. The fraction of sp³-hybridized carbons (Fsp3) is 0.0588. The van der Waals surface area contributed by atoms with Crippen molar-refractivity contribution in [3.8, 4) is 0 Å². The Morgan fingerprint density at radius 3 is 2.67 bits per heavy atom. The maximum Gasteiger partial charge on any atom is 0.270 e. The Morgan fingerprint density at radius 1 is 1.22 bits per heavy atom. The van der Waals surface area contributed by atoms with Crippen molar-refractivity contribution in [1.29, 1.82) is 0 Å². The Labute approximate surface area is 158 Å². The third-order valence-corrected chi connectivity index (χ3v) is 4.53. The van der Waals surface area contributed by atoms with Gasteiger partial charge in [-0.2, -0.15) is 5.10 Å². The van der Waals surface area contributed by atoms with Gasteiger partial charge in [0.25, 0.3) is 5.69 Å². The van der Waals surface area contributed by atoms with Crippen molar-refractivity contribution in [2.24, 2.45) is 5.10 Å². The summed E-state index contributed by atoms with van der Waals surface area (Å²) in [6, 6.07) is 11.8. The number of nitrogens with one attached hydrogen (secondary N) is 1. The number of carbonyl (C=O) groups is 1. The fourth-order valence-electron chi connectivity index (χ4n) is 2.19. The number of carbonyl (C=O) groups excluding carboxylic acids is 1. The Kier molecular flexibility index (Phi) is 5.57. The number of amides is 1. The molecule has 1 heterocycles. The first-order valence-electron chi connectivity index (χ1n) is 7.75. The summed E-state index contributed by atoms with van der Waals surface area (Å²) in [5.41, 5.74) is 1.18. The molecule has 0 fully saturated rings. The van der Waals surface area contributed by atoms with Crippen molar-refractivity contribution in [2.45, 2.75) is 16.7 Å². The van der Waals surface area contributed by atoms with Gasteiger partial charge in [-0.25, -0.2) is 4.68 Å². The number of non-ortho nitro benzene ring substituents is 1. The zero-order valence-electron chi connectivity index (χ0n) is 14.1. The topological polar surface area (TPSA) is 115 Å². The zero-order chi connectivity index (χ0) is 19.2. The highest BCUT2D eigenvalue weighted by atomic mass is 32.2. The summed E-state index contributed by atoms with van der Waals surface area (Å²) >= 11 is 1.37. The van der Waals surface area contributed by atoms with Crippen LogP contribution in [0.4, 0.5) is 11.4 Å². The molecule has 1 amide bonds. The molecule has 0 saturated carbocycles. The highest BCUT2D eigenvalue weighted by molar-refractivity contribution is 7.99. The van der Waals surface area contributed by atoms with E-state index in [-0.39, 0.29) is 11.6 Å². The van der Waals surface area contributed by atoms with Crippen LogP contribution in [0.15, 0.2) is 70.0 Å². The molecule has 0 radical (unpaired) electrons. The van der Waals surface area contributed by atoms with Crippen LogP contribution in [0.1, 0.15) is 12.5 Å². The molecule has 0 spiro atoms. The minimum absolute atomic E-state index is 0.0419. The van der Waals surface area contributed by atoms with E-state index in [0.29, 0.717) is 11.3 Å². The minimum Gasteiger partial charge on any atom is -0.325 e. The molecule has 0 unspecified atom stereocenters. The lowest BCUT2D eigenvalue weighted by atomic mass is 10.2. The van der Waals surface area contributed by atoms with Gasteiger partial charge in [-0.15, -0.1) is 10.2 Å². The first kappa shape index (κ1) is 18.3. The van der Waals surface area contributed by atoms with E-state index in [1.54, 1.807) is 12.1 Å². The molecule has 0 aliphatic heterocycles. The van der Waals surface area contributed by atoms with Crippen LogP contribution in [0, 0.1) is 10.1 Å². The lowest BCUT2D eigenvalue weighted by Crippen LogP contribution is -2.06. The fourth-order valence-corrected chi connectivity index (χ4v) is 3.17. The van der Waals surface area contributed by atoms with Gasteiger partial charge in [0.2, 0.25) is 5.91 Å². The third-order valence-electron chi connectivity index (χ3n) is 3.36. The number of benzene rings is 2. The van der Waals surface area contributed by atoms with Gasteiger partial charge in [0.15, 0.2) is 0 Å². The molecule has 27 heavy (non-hydrogen) atoms. The second-order valence-corrected chi connectivity index (χ2v) is 6.43. The first-order chi connectivity index (χ1) is 13.0. The van der Waals surface area contributed by atoms with E-state index in [4.69, 9.17) is 0 Å². The van der Waals surface area contributed by atoms with Gasteiger partial charge in [0, 0.05) is 34.4 Å². The predicted molar refractivity (Wildman–Crippen MR) is 101 cm³/mol. The molecular formula is C17H14N6O3S. The van der Waals surface area contributed by atoms with Crippen molar-refractivity contribution in [3.05, 3.63) is 70.8 Å². The second-order valence-electron chi connectivity index (χ2n) is 5.35. The number of aromatic nitrogens is 3. The van der Waals surface area contributed by atoms with E-state index in [2.05, 4.69) is 20.6 Å². The first-order valence-corrected chi connectivity index (χ1v) is 8.56. The largest absolute Gasteiger partial charge is 0.325 e. The van der Waals surface area contributed by atoms with Crippen molar-refractivity contribution in [2.75, 3.05) is 5.32 Å². The number of hydrogen-bond donors (Lipinski definition) is 1. The van der Waals surface area contributed by atoms with Crippen LogP contribution in [0.3, 0.4) is 0 Å². The number of nitro groups is 1. The van der Waals surface area contributed by atoms with Gasteiger partial charge in [0.05, 0.1) is 16.8 Å². The van der Waals surface area contributed by atoms with Crippen LogP contribution in [-0.4, -0.2) is 31.9 Å². The van der Waals surface area contributed by atoms with Crippen LogP contribution in [0.5, 0.6) is 0 Å². The molecule has 2 aromatic carbocycles. The van der Waals surface area contributed by atoms with Gasteiger partial charge in [-0.1, -0.05) is 23.9 Å². The summed E-state index contributed by atoms with van der Waals surface area (Å²) in [5, 5.41) is 25.4. The number of nitrogens with zero attached hydrogens (tertiary/aromatic N) is 5. The molecule has 1 aromatic heterocycles. The van der Waals surface area contributed by atoms with E-state index >= 15 is 0 Å². The molecule has 3 aromatic rings. The molecule has 0 saturated heterocycles. The van der Waals surface area contributed by atoms with Crippen molar-refractivity contribution in [1.82, 2.24) is 14.9 Å². The SMILES string of the molecule is CC(=O)Nc1ccccc1Sc1ccc([N+](=O)[O-])cc1/C=N/n1cnnc1. The molecule has 0 bridgehead atoms. The van der Waals surface area contributed by atoms with Crippen molar-refractivity contribution >= 4 is 35.3 Å². The molecule has 0 aliphatic carbocycles. The highest BCUT2D eigenvalue weighted by Crippen LogP contribution is 2.36. The minimum atomic E-state index is -0.462. The maximum atomic E-state index is 11.4. The molecular weight excluding hydrogens is 368 g/mol. The van der Waals surface area contributed by atoms with Gasteiger partial charge >= 0.3 is 0 Å². The number of nitro benzene ring substituents is 1. The lowest BCUT2D eigenvalue weighted by molar-refractivity contribution is -0.384. The molecule has 9 nitrogen and oxygen atoms in total. The summed E-state index contributed by atoms with van der Waals surface area (Å²) in [7, 11) is 0. The average molecular weight is 382 g/mol. The summed E-state index contributed by atoms with van der Waals surface area (Å²) in [6.07, 6.45) is 4.32. The van der Waals surface area contributed by atoms with Gasteiger partial charge < -0.3 is 5.32 Å². The average Bonchev–Trinajstić information content (AvgIpc) is 3.15. The Morgan fingerprint density at radius 2 is 1.96 bits per heavy atom. The van der Waals surface area contributed by atoms with E-state index in [0.717, 1.165) is 9.79 Å². The number of anilines is 1. The summed E-state index contributed by atoms with van der Waals surface area (Å²) in [4.78, 5) is 23.6. The van der Waals surface area contributed by atoms with E-state index in [1.165, 1.54) is 54.4 Å². The van der Waals surface area contributed by atoms with Crippen molar-refractivity contribution < 1.29 is 9.72 Å². The van der Waals surface area contributed by atoms with Gasteiger partial charge in [-0.3, -0.25) is 14.9 Å². The van der Waals surface area contributed by atoms with E-state index in [1.807, 2.05) is 18.2 Å². The van der Waals surface area contributed by atoms with Gasteiger partial charge in [-0.05, 0) is 18.2 Å². The highest BCUT2D eigenvalue weighted by Gasteiger charge is 2.13. The third kappa shape index (κ3) is 4.76. The molecule has 0 atom stereocenters. The van der Waals surface area contributed by atoms with Crippen LogP contribution in [0.25, 0.3) is 0 Å². The molecule has 1 N–H and O–H groups in total. The summed E-state index contributed by atoms with van der Waals surface area (Å²) in [6.45, 7) is 1.44. The molecule has 3 rings (SSSR count). The van der Waals surface area contributed by atoms with Gasteiger partial charge in [0.1, 0.15) is 12.7 Å². The van der Waals surface area contributed by atoms with E-state index < -0.39 is 4.92 Å². The summed E-state index contributed by atoms with van der Waals surface area (Å²) < 4.78 is 1.39. The molecule has 136 valence electrons. The van der Waals surface area contributed by atoms with E-state index in [9.17, 15) is 14.9 Å². The predicted octanol–water partition coefficient (Wildman–Crippen LogP) is 3.18. The van der Waals surface area contributed by atoms with Crippen LogP contribution >= 0.6 is 11.8 Å². The van der Waals surface area contributed by atoms with Crippen LogP contribution in [0.2, 0.25) is 0 Å². The molecule has 10 heteroatoms. The Balaban J connectivity index is 1.97. The maximum absolute atomic E-state index is 11.4. The number of para-hydroxylation sites is 1. The van der Waals surface area contributed by atoms with Crippen LogP contribution < -0.4 is 5.32 Å². The monoisotopic (exact) mass is 382 g/mol. The van der Waals surface area contributed by atoms with Crippen LogP contribution in [-0.2, 0) is 4.79 Å². The summed E-state index contributed by atoms with van der Waals surface area (Å²) in [5.74, 6) is -0.179. The van der Waals surface area contributed by atoms with Crippen molar-refractivity contribution in [3.63, 3.8) is 0 Å². The lowest BCUT2D eigenvalue weighted by Gasteiger charge is -2.11. The normalized spacial score (nSPS) is 10.9. The second kappa shape index (κ2) is 8.23. The Hall–Kier alpha value is -3.53. The smallest absolute Gasteiger partial charge is 0.270 e.